The molecule has 3 heteroatoms. The van der Waals surface area contributed by atoms with Crippen LogP contribution in [0.25, 0.3) is 0 Å². The highest BCUT2D eigenvalue weighted by molar-refractivity contribution is 5.41. The van der Waals surface area contributed by atoms with Crippen molar-refractivity contribution in [1.82, 2.24) is 4.98 Å². The van der Waals surface area contributed by atoms with Gasteiger partial charge in [0.2, 0.25) is 0 Å². The molecular formula is C13H11NO2. The van der Waals surface area contributed by atoms with Crippen molar-refractivity contribution in [3.8, 4) is 17.6 Å². The van der Waals surface area contributed by atoms with Crippen LogP contribution in [0.4, 0.5) is 0 Å². The van der Waals surface area contributed by atoms with Crippen LogP contribution in [0, 0.1) is 18.8 Å². The molecule has 0 amide bonds. The van der Waals surface area contributed by atoms with Crippen LogP contribution < -0.4 is 4.74 Å². The predicted molar refractivity (Wildman–Crippen MR) is 60.2 cm³/mol. The van der Waals surface area contributed by atoms with E-state index in [1.807, 2.05) is 24.3 Å². The molecule has 0 aliphatic rings. The first kappa shape index (κ1) is 10.3. The first-order valence-corrected chi connectivity index (χ1v) is 4.86. The van der Waals surface area contributed by atoms with Crippen molar-refractivity contribution >= 4 is 0 Å². The Balaban J connectivity index is 2.17. The summed E-state index contributed by atoms with van der Waals surface area (Å²) in [6.45, 7) is 1.79. The number of oxazole rings is 1. The van der Waals surface area contributed by atoms with Crippen molar-refractivity contribution in [2.75, 3.05) is 7.11 Å². The van der Waals surface area contributed by atoms with E-state index in [9.17, 15) is 0 Å². The minimum atomic E-state index is 0.577. The van der Waals surface area contributed by atoms with Crippen LogP contribution in [0.2, 0.25) is 0 Å². The van der Waals surface area contributed by atoms with Gasteiger partial charge in [0, 0.05) is 12.5 Å². The van der Waals surface area contributed by atoms with Gasteiger partial charge < -0.3 is 9.15 Å². The molecule has 16 heavy (non-hydrogen) atoms. The maximum Gasteiger partial charge on any atom is 0.197 e. The van der Waals surface area contributed by atoms with E-state index in [4.69, 9.17) is 9.15 Å². The van der Waals surface area contributed by atoms with Gasteiger partial charge in [-0.25, -0.2) is 4.98 Å². The molecule has 0 unspecified atom stereocenters. The molecule has 0 atom stereocenters. The van der Waals surface area contributed by atoms with Gasteiger partial charge in [0.05, 0.1) is 13.3 Å². The minimum Gasteiger partial charge on any atom is -0.497 e. The second kappa shape index (κ2) is 4.54. The number of methoxy groups -OCH3 is 1. The van der Waals surface area contributed by atoms with E-state index in [1.54, 1.807) is 20.2 Å². The first-order chi connectivity index (χ1) is 7.78. The van der Waals surface area contributed by atoms with E-state index in [0.29, 0.717) is 11.7 Å². The first-order valence-electron chi connectivity index (χ1n) is 4.86. The van der Waals surface area contributed by atoms with Gasteiger partial charge in [-0.1, -0.05) is 5.92 Å². The molecule has 3 nitrogen and oxygen atoms in total. The van der Waals surface area contributed by atoms with Crippen molar-refractivity contribution in [2.45, 2.75) is 6.92 Å². The second-order valence-corrected chi connectivity index (χ2v) is 3.22. The average Bonchev–Trinajstić information content (AvgIpc) is 2.73. The summed E-state index contributed by atoms with van der Waals surface area (Å²) in [7, 11) is 1.64. The van der Waals surface area contributed by atoms with E-state index in [0.717, 1.165) is 11.3 Å². The third-order valence-electron chi connectivity index (χ3n) is 2.04. The molecule has 0 spiro atoms. The van der Waals surface area contributed by atoms with Gasteiger partial charge >= 0.3 is 0 Å². The third-order valence-corrected chi connectivity index (χ3v) is 2.04. The molecule has 1 aromatic heterocycles. The fourth-order valence-corrected chi connectivity index (χ4v) is 1.23. The highest BCUT2D eigenvalue weighted by Crippen LogP contribution is 2.10. The summed E-state index contributed by atoms with van der Waals surface area (Å²) in [5, 5.41) is 0. The van der Waals surface area contributed by atoms with E-state index < -0.39 is 0 Å². The van der Waals surface area contributed by atoms with Crippen molar-refractivity contribution in [3.05, 3.63) is 47.7 Å². The molecule has 0 saturated heterocycles. The summed E-state index contributed by atoms with van der Waals surface area (Å²) in [4.78, 5) is 3.97. The molecule has 2 aromatic rings. The number of rotatable bonds is 1. The van der Waals surface area contributed by atoms with E-state index in [1.165, 1.54) is 0 Å². The molecule has 0 aliphatic carbocycles. The van der Waals surface area contributed by atoms with Gasteiger partial charge in [0.1, 0.15) is 5.75 Å². The molecule has 0 bridgehead atoms. The fourth-order valence-electron chi connectivity index (χ4n) is 1.23. The van der Waals surface area contributed by atoms with Crippen LogP contribution in [0.15, 0.2) is 34.9 Å². The molecule has 0 N–H and O–H groups in total. The Bertz CT molecular complexity index is 529. The highest BCUT2D eigenvalue weighted by atomic mass is 16.5. The van der Waals surface area contributed by atoms with Gasteiger partial charge in [0.15, 0.2) is 11.7 Å². The molecular weight excluding hydrogens is 202 g/mol. The minimum absolute atomic E-state index is 0.577. The normalized spacial score (nSPS) is 9.38. The number of ether oxygens (including phenoxy) is 1. The molecule has 0 saturated carbocycles. The van der Waals surface area contributed by atoms with Crippen LogP contribution in [0.3, 0.4) is 0 Å². The maximum absolute atomic E-state index is 5.24. The number of benzene rings is 1. The van der Waals surface area contributed by atoms with Crippen LogP contribution in [-0.4, -0.2) is 12.1 Å². The zero-order chi connectivity index (χ0) is 11.4. The van der Waals surface area contributed by atoms with Gasteiger partial charge in [-0.3, -0.25) is 0 Å². The average molecular weight is 213 g/mol. The second-order valence-electron chi connectivity index (χ2n) is 3.22. The highest BCUT2D eigenvalue weighted by Gasteiger charge is 1.94. The van der Waals surface area contributed by atoms with Crippen LogP contribution >= 0.6 is 0 Å². The third kappa shape index (κ3) is 2.43. The lowest BCUT2D eigenvalue weighted by Crippen LogP contribution is -1.81. The molecule has 0 fully saturated rings. The smallest absolute Gasteiger partial charge is 0.197 e. The monoisotopic (exact) mass is 213 g/mol. The summed E-state index contributed by atoms with van der Waals surface area (Å²) < 4.78 is 10.3. The number of hydrogen-bond acceptors (Lipinski definition) is 3. The molecule has 0 radical (unpaired) electrons. The summed E-state index contributed by atoms with van der Waals surface area (Å²) >= 11 is 0. The largest absolute Gasteiger partial charge is 0.497 e. The molecule has 1 heterocycles. The van der Waals surface area contributed by atoms with Gasteiger partial charge in [-0.2, -0.15) is 0 Å². The van der Waals surface area contributed by atoms with Crippen LogP contribution in [0.5, 0.6) is 5.75 Å². The zero-order valence-electron chi connectivity index (χ0n) is 9.15. The maximum atomic E-state index is 5.24. The number of hydrogen-bond donors (Lipinski definition) is 0. The molecule has 2 rings (SSSR count). The molecule has 1 aromatic carbocycles. The van der Waals surface area contributed by atoms with Gasteiger partial charge in [0.25, 0.3) is 0 Å². The SMILES string of the molecule is COc1ccc(C#Cc2cnc(C)o2)cc1. The number of nitrogens with zero attached hydrogens (tertiary/aromatic N) is 1. The Morgan fingerprint density at radius 2 is 1.94 bits per heavy atom. The Morgan fingerprint density at radius 3 is 2.50 bits per heavy atom. The van der Waals surface area contributed by atoms with Crippen LogP contribution in [-0.2, 0) is 0 Å². The number of aromatic nitrogens is 1. The molecule has 0 aliphatic heterocycles. The van der Waals surface area contributed by atoms with Crippen molar-refractivity contribution in [2.24, 2.45) is 0 Å². The summed E-state index contributed by atoms with van der Waals surface area (Å²) in [5.41, 5.74) is 0.912. The lowest BCUT2D eigenvalue weighted by molar-refractivity contribution is 0.415. The summed E-state index contributed by atoms with van der Waals surface area (Å²) in [6, 6.07) is 7.54. The fraction of sp³-hybridized carbons (Fsp3) is 0.154. The van der Waals surface area contributed by atoms with Crippen LogP contribution in [0.1, 0.15) is 17.2 Å². The Hall–Kier alpha value is -2.21. The Labute approximate surface area is 94.1 Å². The van der Waals surface area contributed by atoms with Crippen molar-refractivity contribution in [1.29, 1.82) is 0 Å². The Morgan fingerprint density at radius 1 is 1.19 bits per heavy atom. The standard InChI is InChI=1S/C13H11NO2/c1-10-14-9-13(16-10)8-5-11-3-6-12(15-2)7-4-11/h3-4,6-7,9H,1-2H3. The summed E-state index contributed by atoms with van der Waals surface area (Å²) in [6.07, 6.45) is 1.62. The van der Waals surface area contributed by atoms with Crippen molar-refractivity contribution < 1.29 is 9.15 Å². The lowest BCUT2D eigenvalue weighted by atomic mass is 10.2. The summed E-state index contributed by atoms with van der Waals surface area (Å²) in [5.74, 6) is 7.91. The zero-order valence-corrected chi connectivity index (χ0v) is 9.15. The number of aryl methyl sites for hydroxylation is 1. The van der Waals surface area contributed by atoms with E-state index >= 15 is 0 Å². The Kier molecular flexibility index (Phi) is 2.93. The van der Waals surface area contributed by atoms with E-state index in [2.05, 4.69) is 16.8 Å². The topological polar surface area (TPSA) is 35.3 Å². The molecule has 80 valence electrons. The predicted octanol–water partition coefficient (Wildman–Crippen LogP) is 2.39. The van der Waals surface area contributed by atoms with Crippen molar-refractivity contribution in [3.63, 3.8) is 0 Å². The quantitative estimate of drug-likeness (QED) is 0.682. The lowest BCUT2D eigenvalue weighted by Gasteiger charge is -1.97. The van der Waals surface area contributed by atoms with Gasteiger partial charge in [-0.05, 0) is 30.2 Å². The van der Waals surface area contributed by atoms with Gasteiger partial charge in [-0.15, -0.1) is 0 Å². The van der Waals surface area contributed by atoms with E-state index in [-0.39, 0.29) is 0 Å².